The minimum absolute atomic E-state index is 0.0864. The first kappa shape index (κ1) is 15.9. The van der Waals surface area contributed by atoms with E-state index in [9.17, 15) is 4.39 Å². The zero-order chi connectivity index (χ0) is 17.1. The van der Waals surface area contributed by atoms with E-state index in [4.69, 9.17) is 15.6 Å². The molecule has 0 bridgehead atoms. The maximum Gasteiger partial charge on any atom is 0.222 e. The summed E-state index contributed by atoms with van der Waals surface area (Å²) in [4.78, 5) is 8.34. The van der Waals surface area contributed by atoms with E-state index < -0.39 is 5.82 Å². The van der Waals surface area contributed by atoms with Gasteiger partial charge in [-0.2, -0.15) is 4.98 Å². The average molecular weight is 328 g/mol. The number of halogens is 1. The first-order valence-corrected chi connectivity index (χ1v) is 7.41. The highest BCUT2D eigenvalue weighted by Crippen LogP contribution is 2.35. The lowest BCUT2D eigenvalue weighted by Crippen LogP contribution is -2.04. The highest BCUT2D eigenvalue weighted by molar-refractivity contribution is 5.93. The minimum Gasteiger partial charge on any atom is -0.490 e. The normalized spacial score (nSPS) is 10.8. The van der Waals surface area contributed by atoms with Crippen LogP contribution in [0.2, 0.25) is 0 Å². The van der Waals surface area contributed by atoms with Crippen LogP contribution in [0.4, 0.5) is 16.2 Å². The number of ether oxygens (including phenoxy) is 1. The SMILES string of the molecule is CNc1nc(N)nc2cc(-c3c(F)cccc3OCCO)ccc12. The van der Waals surface area contributed by atoms with Gasteiger partial charge in [0.2, 0.25) is 5.95 Å². The summed E-state index contributed by atoms with van der Waals surface area (Å²) in [6.07, 6.45) is 0. The molecule has 0 saturated carbocycles. The summed E-state index contributed by atoms with van der Waals surface area (Å²) < 4.78 is 19.8. The third kappa shape index (κ3) is 2.93. The maximum atomic E-state index is 14.4. The van der Waals surface area contributed by atoms with Crippen LogP contribution in [0.15, 0.2) is 36.4 Å². The summed E-state index contributed by atoms with van der Waals surface area (Å²) in [6.45, 7) is -0.0635. The molecule has 2 aromatic carbocycles. The first-order chi connectivity index (χ1) is 11.6. The summed E-state index contributed by atoms with van der Waals surface area (Å²) in [6, 6.07) is 9.89. The number of nitrogens with one attached hydrogen (secondary N) is 1. The number of hydrogen-bond acceptors (Lipinski definition) is 6. The Bertz CT molecular complexity index is 886. The van der Waals surface area contributed by atoms with Gasteiger partial charge >= 0.3 is 0 Å². The average Bonchev–Trinajstić information content (AvgIpc) is 2.58. The van der Waals surface area contributed by atoms with Gasteiger partial charge in [-0.1, -0.05) is 12.1 Å². The van der Waals surface area contributed by atoms with Crippen LogP contribution in [-0.2, 0) is 0 Å². The molecule has 7 heteroatoms. The summed E-state index contributed by atoms with van der Waals surface area (Å²) >= 11 is 0. The fraction of sp³-hybridized carbons (Fsp3) is 0.176. The molecule has 0 saturated heterocycles. The monoisotopic (exact) mass is 328 g/mol. The molecule has 0 aliphatic heterocycles. The van der Waals surface area contributed by atoms with Gasteiger partial charge in [-0.05, 0) is 29.8 Å². The molecule has 24 heavy (non-hydrogen) atoms. The van der Waals surface area contributed by atoms with Crippen LogP contribution in [-0.4, -0.2) is 35.3 Å². The molecule has 1 heterocycles. The number of anilines is 2. The van der Waals surface area contributed by atoms with Crippen LogP contribution in [0.25, 0.3) is 22.0 Å². The second kappa shape index (κ2) is 6.67. The van der Waals surface area contributed by atoms with Crippen LogP contribution in [0.3, 0.4) is 0 Å². The Kier molecular flexibility index (Phi) is 4.43. The Morgan fingerprint density at radius 2 is 2.08 bits per heavy atom. The second-order valence-electron chi connectivity index (χ2n) is 5.10. The number of fused-ring (bicyclic) bond motifs is 1. The lowest BCUT2D eigenvalue weighted by atomic mass is 10.0. The van der Waals surface area contributed by atoms with E-state index in [1.165, 1.54) is 6.07 Å². The van der Waals surface area contributed by atoms with Crippen molar-refractivity contribution in [2.24, 2.45) is 0 Å². The summed E-state index contributed by atoms with van der Waals surface area (Å²) in [5.74, 6) is 0.684. The molecular weight excluding hydrogens is 311 g/mol. The molecule has 6 nitrogen and oxygen atoms in total. The molecule has 0 amide bonds. The topological polar surface area (TPSA) is 93.3 Å². The summed E-state index contributed by atoms with van der Waals surface area (Å²) in [5, 5.41) is 12.7. The molecule has 0 atom stereocenters. The van der Waals surface area contributed by atoms with Crippen molar-refractivity contribution in [3.63, 3.8) is 0 Å². The van der Waals surface area contributed by atoms with Crippen molar-refractivity contribution in [1.29, 1.82) is 0 Å². The van der Waals surface area contributed by atoms with Crippen molar-refractivity contribution in [2.45, 2.75) is 0 Å². The third-order valence-corrected chi connectivity index (χ3v) is 3.56. The molecular formula is C17H17FN4O2. The lowest BCUT2D eigenvalue weighted by molar-refractivity contribution is 0.201. The van der Waals surface area contributed by atoms with Gasteiger partial charge < -0.3 is 20.9 Å². The van der Waals surface area contributed by atoms with Crippen LogP contribution in [0.5, 0.6) is 5.75 Å². The molecule has 0 radical (unpaired) electrons. The smallest absolute Gasteiger partial charge is 0.222 e. The maximum absolute atomic E-state index is 14.4. The van der Waals surface area contributed by atoms with E-state index in [0.717, 1.165) is 5.39 Å². The highest BCUT2D eigenvalue weighted by Gasteiger charge is 2.14. The molecule has 1 aromatic heterocycles. The minimum atomic E-state index is -0.416. The van der Waals surface area contributed by atoms with Gasteiger partial charge in [0.1, 0.15) is 24.0 Å². The largest absolute Gasteiger partial charge is 0.490 e. The van der Waals surface area contributed by atoms with Crippen LogP contribution >= 0.6 is 0 Å². The molecule has 3 rings (SSSR count). The van der Waals surface area contributed by atoms with E-state index in [0.29, 0.717) is 28.2 Å². The van der Waals surface area contributed by atoms with Crippen molar-refractivity contribution in [2.75, 3.05) is 31.3 Å². The Morgan fingerprint density at radius 1 is 1.25 bits per heavy atom. The van der Waals surface area contributed by atoms with Crippen molar-refractivity contribution < 1.29 is 14.2 Å². The molecule has 4 N–H and O–H groups in total. The van der Waals surface area contributed by atoms with E-state index in [-0.39, 0.29) is 19.2 Å². The second-order valence-corrected chi connectivity index (χ2v) is 5.10. The van der Waals surface area contributed by atoms with Crippen LogP contribution < -0.4 is 15.8 Å². The number of aliphatic hydroxyl groups is 1. The summed E-state index contributed by atoms with van der Waals surface area (Å²) in [5.41, 5.74) is 7.24. The fourth-order valence-corrected chi connectivity index (χ4v) is 2.55. The van der Waals surface area contributed by atoms with Gasteiger partial charge in [-0.25, -0.2) is 9.37 Å². The molecule has 0 unspecified atom stereocenters. The number of aliphatic hydroxyl groups excluding tert-OH is 1. The van der Waals surface area contributed by atoms with E-state index in [1.54, 1.807) is 37.4 Å². The number of nitrogen functional groups attached to an aromatic ring is 1. The number of hydrogen-bond donors (Lipinski definition) is 3. The third-order valence-electron chi connectivity index (χ3n) is 3.56. The Balaban J connectivity index is 2.17. The van der Waals surface area contributed by atoms with Gasteiger partial charge in [0.15, 0.2) is 0 Å². The molecule has 0 spiro atoms. The molecule has 0 fully saturated rings. The Labute approximate surface area is 138 Å². The molecule has 3 aromatic rings. The number of benzene rings is 2. The standard InChI is InChI=1S/C17H17FN4O2/c1-20-16-11-6-5-10(9-13(11)21-17(19)22-16)15-12(18)3-2-4-14(15)24-8-7-23/h2-6,9,23H,7-8H2,1H3,(H3,19,20,21,22). The first-order valence-electron chi connectivity index (χ1n) is 7.41. The van der Waals surface area contributed by atoms with Crippen molar-refractivity contribution >= 4 is 22.7 Å². The number of nitrogens with zero attached hydrogens (tertiary/aromatic N) is 2. The van der Waals surface area contributed by atoms with Gasteiger partial charge in [0.25, 0.3) is 0 Å². The predicted molar refractivity (Wildman–Crippen MR) is 91.5 cm³/mol. The van der Waals surface area contributed by atoms with E-state index >= 15 is 0 Å². The van der Waals surface area contributed by atoms with E-state index in [2.05, 4.69) is 15.3 Å². The molecule has 0 aliphatic rings. The number of aromatic nitrogens is 2. The van der Waals surface area contributed by atoms with Gasteiger partial charge in [0, 0.05) is 12.4 Å². The highest BCUT2D eigenvalue weighted by atomic mass is 19.1. The van der Waals surface area contributed by atoms with Crippen LogP contribution in [0, 0.1) is 5.82 Å². The quantitative estimate of drug-likeness (QED) is 0.666. The van der Waals surface area contributed by atoms with Crippen molar-refractivity contribution in [3.05, 3.63) is 42.2 Å². The Hall–Kier alpha value is -2.93. The Morgan fingerprint density at radius 3 is 2.83 bits per heavy atom. The van der Waals surface area contributed by atoms with Crippen molar-refractivity contribution in [3.8, 4) is 16.9 Å². The summed E-state index contributed by atoms with van der Waals surface area (Å²) in [7, 11) is 1.74. The predicted octanol–water partition coefficient (Wildman–Crippen LogP) is 2.43. The number of rotatable bonds is 5. The van der Waals surface area contributed by atoms with Gasteiger partial charge in [-0.3, -0.25) is 0 Å². The van der Waals surface area contributed by atoms with E-state index in [1.807, 2.05) is 0 Å². The van der Waals surface area contributed by atoms with Crippen LogP contribution in [0.1, 0.15) is 0 Å². The molecule has 124 valence electrons. The lowest BCUT2D eigenvalue weighted by Gasteiger charge is -2.13. The van der Waals surface area contributed by atoms with Crippen molar-refractivity contribution in [1.82, 2.24) is 9.97 Å². The van der Waals surface area contributed by atoms with Gasteiger partial charge in [-0.15, -0.1) is 0 Å². The van der Waals surface area contributed by atoms with Gasteiger partial charge in [0.05, 0.1) is 17.7 Å². The fourth-order valence-electron chi connectivity index (χ4n) is 2.55. The zero-order valence-corrected chi connectivity index (χ0v) is 13.1. The molecule has 0 aliphatic carbocycles. The number of nitrogens with two attached hydrogens (primary N) is 1. The zero-order valence-electron chi connectivity index (χ0n) is 13.1.